The summed E-state index contributed by atoms with van der Waals surface area (Å²) in [6.45, 7) is 0.842. The number of amides is 1. The molecule has 23 heavy (non-hydrogen) atoms. The van der Waals surface area contributed by atoms with Gasteiger partial charge in [0.05, 0.1) is 17.8 Å². The zero-order valence-electron chi connectivity index (χ0n) is 13.4. The number of aryl methyl sites for hydroxylation is 1. The minimum Gasteiger partial charge on any atom is -0.345 e. The van der Waals surface area contributed by atoms with E-state index >= 15 is 0 Å². The fraction of sp³-hybridized carbons (Fsp3) is 0.375. The van der Waals surface area contributed by atoms with E-state index in [1.54, 1.807) is 7.05 Å². The van der Waals surface area contributed by atoms with Crippen molar-refractivity contribution >= 4 is 29.1 Å². The Bertz CT molecular complexity index is 667. The lowest BCUT2D eigenvalue weighted by atomic mass is 10.0. The number of nitrogens with zero attached hydrogens (tertiary/aromatic N) is 3. The summed E-state index contributed by atoms with van der Waals surface area (Å²) in [5, 5.41) is 8.03. The summed E-state index contributed by atoms with van der Waals surface area (Å²) in [6.07, 6.45) is 2.25. The minimum absolute atomic E-state index is 0.126. The van der Waals surface area contributed by atoms with Crippen LogP contribution < -0.4 is 5.32 Å². The molecule has 5 nitrogen and oxygen atoms in total. The molecule has 1 amide bonds. The van der Waals surface area contributed by atoms with Gasteiger partial charge in [-0.15, -0.1) is 0 Å². The van der Waals surface area contributed by atoms with Crippen LogP contribution >= 0.6 is 23.2 Å². The zero-order chi connectivity index (χ0) is 17.0. The van der Waals surface area contributed by atoms with Crippen LogP contribution in [-0.4, -0.2) is 41.2 Å². The Morgan fingerprint density at radius 3 is 2.48 bits per heavy atom. The van der Waals surface area contributed by atoms with Crippen molar-refractivity contribution in [3.8, 4) is 0 Å². The summed E-state index contributed by atoms with van der Waals surface area (Å²) in [7, 11) is 5.69. The van der Waals surface area contributed by atoms with Crippen molar-refractivity contribution in [3.63, 3.8) is 0 Å². The molecule has 0 aliphatic carbocycles. The van der Waals surface area contributed by atoms with Gasteiger partial charge in [-0.05, 0) is 44.8 Å². The van der Waals surface area contributed by atoms with Gasteiger partial charge in [0.25, 0.3) is 5.91 Å². The molecule has 2 rings (SSSR count). The highest BCUT2D eigenvalue weighted by Gasteiger charge is 2.20. The van der Waals surface area contributed by atoms with Crippen LogP contribution in [0.3, 0.4) is 0 Å². The van der Waals surface area contributed by atoms with Crippen molar-refractivity contribution < 1.29 is 4.79 Å². The molecule has 1 N–H and O–H groups in total. The average molecular weight is 355 g/mol. The molecule has 1 heterocycles. The topological polar surface area (TPSA) is 50.2 Å². The Hall–Kier alpha value is -1.56. The molecule has 0 aliphatic rings. The lowest BCUT2D eigenvalue weighted by Crippen LogP contribution is -2.31. The van der Waals surface area contributed by atoms with Gasteiger partial charge in [-0.2, -0.15) is 5.10 Å². The third kappa shape index (κ3) is 4.70. The van der Waals surface area contributed by atoms with Crippen molar-refractivity contribution in [1.29, 1.82) is 0 Å². The summed E-state index contributed by atoms with van der Waals surface area (Å²) in [4.78, 5) is 14.6. The quantitative estimate of drug-likeness (QED) is 0.866. The molecule has 1 atom stereocenters. The molecular weight excluding hydrogens is 335 g/mol. The Labute approximate surface area is 146 Å². The number of halogens is 2. The van der Waals surface area contributed by atoms with Crippen molar-refractivity contribution in [3.05, 3.63) is 51.8 Å². The number of benzene rings is 1. The van der Waals surface area contributed by atoms with Crippen LogP contribution in [0.1, 0.15) is 28.4 Å². The summed E-state index contributed by atoms with van der Waals surface area (Å²) >= 11 is 12.0. The van der Waals surface area contributed by atoms with Gasteiger partial charge in [0.1, 0.15) is 5.15 Å². The van der Waals surface area contributed by atoms with Crippen molar-refractivity contribution in [2.45, 2.75) is 12.5 Å². The summed E-state index contributed by atoms with van der Waals surface area (Å²) in [5.41, 5.74) is 1.38. The van der Waals surface area contributed by atoms with Crippen LogP contribution in [0.15, 0.2) is 30.5 Å². The number of carbonyl (C=O) groups is 1. The largest absolute Gasteiger partial charge is 0.345 e. The van der Waals surface area contributed by atoms with Crippen LogP contribution in [0.5, 0.6) is 0 Å². The van der Waals surface area contributed by atoms with Gasteiger partial charge < -0.3 is 10.2 Å². The molecule has 0 bridgehead atoms. The van der Waals surface area contributed by atoms with Gasteiger partial charge in [-0.1, -0.05) is 35.3 Å². The third-order valence-corrected chi connectivity index (χ3v) is 4.25. The van der Waals surface area contributed by atoms with Crippen molar-refractivity contribution in [2.24, 2.45) is 7.05 Å². The van der Waals surface area contributed by atoms with E-state index in [1.807, 2.05) is 38.4 Å². The van der Waals surface area contributed by atoms with Gasteiger partial charge in [0.15, 0.2) is 0 Å². The lowest BCUT2D eigenvalue weighted by molar-refractivity contribution is 0.0933. The molecule has 0 aliphatic heterocycles. The molecule has 1 unspecified atom stereocenters. The minimum atomic E-state index is -0.234. The average Bonchev–Trinajstić information content (AvgIpc) is 2.84. The molecule has 1 aromatic carbocycles. The highest BCUT2D eigenvalue weighted by Crippen LogP contribution is 2.21. The second-order valence-electron chi connectivity index (χ2n) is 5.64. The lowest BCUT2D eigenvalue weighted by Gasteiger charge is -2.21. The molecule has 1 aromatic heterocycles. The number of rotatable bonds is 6. The van der Waals surface area contributed by atoms with Gasteiger partial charge in [0.2, 0.25) is 0 Å². The molecule has 0 saturated carbocycles. The van der Waals surface area contributed by atoms with E-state index < -0.39 is 0 Å². The number of carbonyl (C=O) groups excluding carboxylic acids is 1. The van der Waals surface area contributed by atoms with E-state index in [0.29, 0.717) is 15.7 Å². The van der Waals surface area contributed by atoms with Crippen molar-refractivity contribution in [2.75, 3.05) is 20.6 Å². The number of aromatic nitrogens is 2. The van der Waals surface area contributed by atoms with E-state index in [-0.39, 0.29) is 11.9 Å². The van der Waals surface area contributed by atoms with Crippen LogP contribution in [0.2, 0.25) is 10.2 Å². The van der Waals surface area contributed by atoms with Gasteiger partial charge >= 0.3 is 0 Å². The maximum Gasteiger partial charge on any atom is 0.256 e. The first kappa shape index (κ1) is 17.8. The SMILES string of the molecule is CN(C)CCC(NC(=O)c1cnn(C)c1Cl)c1ccc(Cl)cc1. The predicted octanol–water partition coefficient (Wildman–Crippen LogP) is 3.15. The van der Waals surface area contributed by atoms with Gasteiger partial charge in [-0.3, -0.25) is 9.48 Å². The molecule has 0 saturated heterocycles. The maximum absolute atomic E-state index is 12.5. The van der Waals surface area contributed by atoms with E-state index in [2.05, 4.69) is 15.3 Å². The zero-order valence-corrected chi connectivity index (χ0v) is 14.9. The standard InChI is InChI=1S/C16H20Cl2N4O/c1-21(2)9-8-14(11-4-6-12(17)7-5-11)20-16(23)13-10-19-22(3)15(13)18/h4-7,10,14H,8-9H2,1-3H3,(H,20,23). The number of nitrogens with one attached hydrogen (secondary N) is 1. The fourth-order valence-electron chi connectivity index (χ4n) is 2.22. The smallest absolute Gasteiger partial charge is 0.256 e. The molecule has 2 aromatic rings. The summed E-state index contributed by atoms with van der Waals surface area (Å²) < 4.78 is 1.47. The molecule has 0 radical (unpaired) electrons. The maximum atomic E-state index is 12.5. The second-order valence-corrected chi connectivity index (χ2v) is 6.44. The normalized spacial score (nSPS) is 12.4. The van der Waals surface area contributed by atoms with Crippen molar-refractivity contribution in [1.82, 2.24) is 20.0 Å². The van der Waals surface area contributed by atoms with Crippen LogP contribution in [-0.2, 0) is 7.05 Å². The summed E-state index contributed by atoms with van der Waals surface area (Å²) in [5.74, 6) is -0.234. The van der Waals surface area contributed by atoms with Crippen LogP contribution in [0.4, 0.5) is 0 Å². The Morgan fingerprint density at radius 2 is 1.96 bits per heavy atom. The molecule has 7 heteroatoms. The number of hydrogen-bond donors (Lipinski definition) is 1. The monoisotopic (exact) mass is 354 g/mol. The predicted molar refractivity (Wildman–Crippen MR) is 93.0 cm³/mol. The first-order chi connectivity index (χ1) is 10.9. The van der Waals surface area contributed by atoms with Crippen LogP contribution in [0.25, 0.3) is 0 Å². The van der Waals surface area contributed by atoms with Gasteiger partial charge in [-0.25, -0.2) is 0 Å². The van der Waals surface area contributed by atoms with E-state index in [4.69, 9.17) is 23.2 Å². The first-order valence-electron chi connectivity index (χ1n) is 7.27. The van der Waals surface area contributed by atoms with E-state index in [0.717, 1.165) is 18.5 Å². The molecular formula is C16H20Cl2N4O. The third-order valence-electron chi connectivity index (χ3n) is 3.55. The molecule has 124 valence electrons. The molecule has 0 fully saturated rings. The van der Waals surface area contributed by atoms with Gasteiger partial charge in [0, 0.05) is 12.1 Å². The Kier molecular flexibility index (Phi) is 6.04. The Morgan fingerprint density at radius 1 is 1.30 bits per heavy atom. The first-order valence-corrected chi connectivity index (χ1v) is 8.02. The van der Waals surface area contributed by atoms with Crippen LogP contribution in [0, 0.1) is 0 Å². The fourth-order valence-corrected chi connectivity index (χ4v) is 2.52. The second kappa shape index (κ2) is 7.81. The molecule has 0 spiro atoms. The highest BCUT2D eigenvalue weighted by molar-refractivity contribution is 6.32. The van der Waals surface area contributed by atoms with E-state index in [1.165, 1.54) is 10.9 Å². The van der Waals surface area contributed by atoms with E-state index in [9.17, 15) is 4.79 Å². The highest BCUT2D eigenvalue weighted by atomic mass is 35.5. The summed E-state index contributed by atoms with van der Waals surface area (Å²) in [6, 6.07) is 7.37. The Balaban J connectivity index is 2.18. The number of hydrogen-bond acceptors (Lipinski definition) is 3.